The molecule has 2 aliphatic rings. The Morgan fingerprint density at radius 2 is 2.08 bits per heavy atom. The first kappa shape index (κ1) is 18.0. The fraction of sp³-hybridized carbons (Fsp3) is 0.619. The summed E-state index contributed by atoms with van der Waals surface area (Å²) in [6.07, 6.45) is 6.83. The molecule has 2 N–H and O–H groups in total. The Hall–Kier alpha value is -1.84. The zero-order chi connectivity index (χ0) is 17.8. The van der Waals surface area contributed by atoms with Gasteiger partial charge in [0.15, 0.2) is 0 Å². The molecule has 2 amide bonds. The number of carbonyl (C=O) groups is 2. The topological polar surface area (TPSA) is 58.2 Å². The minimum Gasteiger partial charge on any atom is -0.352 e. The molecule has 0 spiro atoms. The van der Waals surface area contributed by atoms with Crippen LogP contribution in [0.15, 0.2) is 24.3 Å². The maximum absolute atomic E-state index is 12.3. The van der Waals surface area contributed by atoms with E-state index in [4.69, 9.17) is 0 Å². The smallest absolute Gasteiger partial charge is 0.251 e. The van der Waals surface area contributed by atoms with E-state index in [1.165, 1.54) is 25.7 Å². The second kappa shape index (κ2) is 8.03. The van der Waals surface area contributed by atoms with Gasteiger partial charge in [-0.1, -0.05) is 25.5 Å². The summed E-state index contributed by atoms with van der Waals surface area (Å²) in [6, 6.07) is 7.69. The van der Waals surface area contributed by atoms with E-state index in [0.29, 0.717) is 24.4 Å². The number of rotatable bonds is 7. The normalized spacial score (nSPS) is 25.6. The average molecular weight is 342 g/mol. The van der Waals surface area contributed by atoms with Gasteiger partial charge in [-0.3, -0.25) is 9.59 Å². The molecular weight excluding hydrogens is 312 g/mol. The highest BCUT2D eigenvalue weighted by Gasteiger charge is 2.39. The summed E-state index contributed by atoms with van der Waals surface area (Å²) >= 11 is 0. The summed E-state index contributed by atoms with van der Waals surface area (Å²) in [5.41, 5.74) is 1.62. The van der Waals surface area contributed by atoms with Gasteiger partial charge in [0.25, 0.3) is 5.91 Å². The third-order valence-electron chi connectivity index (χ3n) is 6.00. The Morgan fingerprint density at radius 1 is 1.24 bits per heavy atom. The van der Waals surface area contributed by atoms with E-state index >= 15 is 0 Å². The molecule has 0 saturated heterocycles. The molecule has 3 rings (SSSR count). The quantitative estimate of drug-likeness (QED) is 0.794. The number of carbonyl (C=O) groups excluding carboxylic acids is 2. The largest absolute Gasteiger partial charge is 0.352 e. The molecule has 4 nitrogen and oxygen atoms in total. The number of hydrogen-bond acceptors (Lipinski definition) is 2. The summed E-state index contributed by atoms with van der Waals surface area (Å²) in [5, 5.41) is 6.01. The molecule has 25 heavy (non-hydrogen) atoms. The molecule has 0 radical (unpaired) electrons. The lowest BCUT2D eigenvalue weighted by molar-refractivity contribution is -0.122. The third-order valence-corrected chi connectivity index (χ3v) is 6.00. The molecule has 0 unspecified atom stereocenters. The third kappa shape index (κ3) is 4.62. The number of fused-ring (bicyclic) bond motifs is 2. The second-order valence-corrected chi connectivity index (χ2v) is 7.90. The first-order valence-corrected chi connectivity index (χ1v) is 9.71. The molecular formula is C21H30N2O2. The number of amides is 2. The molecule has 136 valence electrons. The Bertz CT molecular complexity index is 628. The van der Waals surface area contributed by atoms with Gasteiger partial charge in [0, 0.05) is 24.6 Å². The molecule has 2 bridgehead atoms. The van der Waals surface area contributed by atoms with E-state index in [0.717, 1.165) is 23.8 Å². The molecule has 2 fully saturated rings. The Morgan fingerprint density at radius 3 is 2.76 bits per heavy atom. The van der Waals surface area contributed by atoms with Crippen molar-refractivity contribution in [2.45, 2.75) is 65.0 Å². The van der Waals surface area contributed by atoms with E-state index in [1.54, 1.807) is 0 Å². The van der Waals surface area contributed by atoms with Crippen molar-refractivity contribution in [1.29, 1.82) is 0 Å². The average Bonchev–Trinajstić information content (AvgIpc) is 3.23. The van der Waals surface area contributed by atoms with Crippen LogP contribution in [0.1, 0.15) is 68.3 Å². The van der Waals surface area contributed by atoms with Crippen LogP contribution in [-0.4, -0.2) is 17.9 Å². The van der Waals surface area contributed by atoms with Crippen molar-refractivity contribution >= 4 is 11.8 Å². The molecule has 2 saturated carbocycles. The van der Waals surface area contributed by atoms with Gasteiger partial charge in [-0.2, -0.15) is 0 Å². The summed E-state index contributed by atoms with van der Waals surface area (Å²) in [4.78, 5) is 24.5. The second-order valence-electron chi connectivity index (χ2n) is 7.90. The van der Waals surface area contributed by atoms with Crippen molar-refractivity contribution in [3.8, 4) is 0 Å². The SMILES string of the molecule is CC[C@H](C)NC(=O)c1cccc(CNC(=O)C[C@H]2C[C@@H]3CC[C@@H]2C3)c1. The Balaban J connectivity index is 1.48. The van der Waals surface area contributed by atoms with Crippen molar-refractivity contribution in [2.24, 2.45) is 17.8 Å². The van der Waals surface area contributed by atoms with Gasteiger partial charge >= 0.3 is 0 Å². The van der Waals surface area contributed by atoms with Gasteiger partial charge in [0.1, 0.15) is 0 Å². The molecule has 4 atom stereocenters. The monoisotopic (exact) mass is 342 g/mol. The molecule has 0 heterocycles. The first-order valence-electron chi connectivity index (χ1n) is 9.71. The zero-order valence-electron chi connectivity index (χ0n) is 15.4. The minimum atomic E-state index is -0.0514. The van der Waals surface area contributed by atoms with Crippen molar-refractivity contribution in [3.63, 3.8) is 0 Å². The molecule has 1 aromatic rings. The lowest BCUT2D eigenvalue weighted by atomic mass is 9.86. The highest BCUT2D eigenvalue weighted by atomic mass is 16.2. The highest BCUT2D eigenvalue weighted by molar-refractivity contribution is 5.94. The number of nitrogens with one attached hydrogen (secondary N) is 2. The van der Waals surface area contributed by atoms with E-state index in [1.807, 2.05) is 38.1 Å². The number of hydrogen-bond donors (Lipinski definition) is 2. The van der Waals surface area contributed by atoms with E-state index in [9.17, 15) is 9.59 Å². The van der Waals surface area contributed by atoms with Crippen LogP contribution in [0.5, 0.6) is 0 Å². The Kier molecular flexibility index (Phi) is 5.77. The van der Waals surface area contributed by atoms with E-state index in [2.05, 4.69) is 10.6 Å². The van der Waals surface area contributed by atoms with Gasteiger partial charge in [-0.05, 0) is 68.1 Å². The van der Waals surface area contributed by atoms with Crippen LogP contribution in [0.4, 0.5) is 0 Å². The van der Waals surface area contributed by atoms with Crippen molar-refractivity contribution in [1.82, 2.24) is 10.6 Å². The van der Waals surface area contributed by atoms with Crippen LogP contribution in [0.3, 0.4) is 0 Å². The predicted molar refractivity (Wildman–Crippen MR) is 99.1 cm³/mol. The van der Waals surface area contributed by atoms with Crippen molar-refractivity contribution in [3.05, 3.63) is 35.4 Å². The summed E-state index contributed by atoms with van der Waals surface area (Å²) in [6.45, 7) is 4.54. The van der Waals surface area contributed by atoms with Crippen LogP contribution < -0.4 is 10.6 Å². The fourth-order valence-electron chi connectivity index (χ4n) is 4.37. The van der Waals surface area contributed by atoms with Gasteiger partial charge in [0.2, 0.25) is 5.91 Å². The van der Waals surface area contributed by atoms with Gasteiger partial charge < -0.3 is 10.6 Å². The number of benzene rings is 1. The summed E-state index contributed by atoms with van der Waals surface area (Å²) in [5.74, 6) is 2.34. The highest BCUT2D eigenvalue weighted by Crippen LogP contribution is 2.49. The lowest BCUT2D eigenvalue weighted by Crippen LogP contribution is -2.32. The first-order chi connectivity index (χ1) is 12.0. The van der Waals surface area contributed by atoms with Gasteiger partial charge in [-0.15, -0.1) is 0 Å². The zero-order valence-corrected chi connectivity index (χ0v) is 15.4. The van der Waals surface area contributed by atoms with Crippen LogP contribution >= 0.6 is 0 Å². The molecule has 0 aliphatic heterocycles. The van der Waals surface area contributed by atoms with Gasteiger partial charge in [0.05, 0.1) is 0 Å². The maximum atomic E-state index is 12.3. The fourth-order valence-corrected chi connectivity index (χ4v) is 4.37. The standard InChI is InChI=1S/C21H30N2O2/c1-3-14(2)23-21(25)18-6-4-5-16(11-18)13-22-20(24)12-19-10-15-7-8-17(19)9-15/h4-6,11,14-15,17,19H,3,7-10,12-13H2,1-2H3,(H,22,24)(H,23,25)/t14-,15+,17+,19+/m0/s1. The molecule has 0 aromatic heterocycles. The van der Waals surface area contributed by atoms with Crippen LogP contribution in [0.25, 0.3) is 0 Å². The molecule has 2 aliphatic carbocycles. The molecule has 1 aromatic carbocycles. The van der Waals surface area contributed by atoms with Crippen LogP contribution in [0, 0.1) is 17.8 Å². The van der Waals surface area contributed by atoms with Crippen LogP contribution in [0.2, 0.25) is 0 Å². The van der Waals surface area contributed by atoms with Crippen molar-refractivity contribution < 1.29 is 9.59 Å². The summed E-state index contributed by atoms with van der Waals surface area (Å²) in [7, 11) is 0. The Labute approximate surface area is 150 Å². The minimum absolute atomic E-state index is 0.0514. The lowest BCUT2D eigenvalue weighted by Gasteiger charge is -2.20. The van der Waals surface area contributed by atoms with E-state index < -0.39 is 0 Å². The van der Waals surface area contributed by atoms with Gasteiger partial charge in [-0.25, -0.2) is 0 Å². The van der Waals surface area contributed by atoms with Crippen molar-refractivity contribution in [2.75, 3.05) is 0 Å². The molecule has 4 heteroatoms. The predicted octanol–water partition coefficient (Wildman–Crippen LogP) is 3.66. The van der Waals surface area contributed by atoms with Crippen LogP contribution in [-0.2, 0) is 11.3 Å². The maximum Gasteiger partial charge on any atom is 0.251 e. The van der Waals surface area contributed by atoms with E-state index in [-0.39, 0.29) is 17.9 Å². The summed E-state index contributed by atoms with van der Waals surface area (Å²) < 4.78 is 0.